The Hall–Kier alpha value is -4.17. The third-order valence-corrected chi connectivity index (χ3v) is 6.55. The quantitative estimate of drug-likeness (QED) is 0.243. The molecule has 0 spiro atoms. The highest BCUT2D eigenvalue weighted by molar-refractivity contribution is 6.52. The molecule has 0 bridgehead atoms. The number of Topliss-reactive ketones (excluding diaryl/α,β-unsaturated/α-hetero) is 1. The summed E-state index contributed by atoms with van der Waals surface area (Å²) in [6, 6.07) is 13.2. The minimum Gasteiger partial charge on any atom is -0.507 e. The molecule has 3 aromatic rings. The second kappa shape index (κ2) is 10.4. The lowest BCUT2D eigenvalue weighted by atomic mass is 9.94. The van der Waals surface area contributed by atoms with E-state index in [1.54, 1.807) is 49.4 Å². The summed E-state index contributed by atoms with van der Waals surface area (Å²) in [5.74, 6) is -1.34. The molecule has 0 aromatic heterocycles. The van der Waals surface area contributed by atoms with Crippen molar-refractivity contribution < 1.29 is 34.0 Å². The van der Waals surface area contributed by atoms with Gasteiger partial charge in [-0.2, -0.15) is 0 Å². The largest absolute Gasteiger partial charge is 0.507 e. The van der Waals surface area contributed by atoms with E-state index in [-0.39, 0.29) is 35.0 Å². The Morgan fingerprint density at radius 1 is 1.00 bits per heavy atom. The number of rotatable bonds is 7. The number of hydrogen-bond donors (Lipinski definition) is 2. The molecule has 192 valence electrons. The molecule has 37 heavy (non-hydrogen) atoms. The molecule has 1 fully saturated rings. The van der Waals surface area contributed by atoms with Crippen LogP contribution in [0.1, 0.15) is 29.7 Å². The summed E-state index contributed by atoms with van der Waals surface area (Å²) < 4.78 is 16.2. The highest BCUT2D eigenvalue weighted by Crippen LogP contribution is 2.45. The number of ether oxygens (including phenoxy) is 3. The van der Waals surface area contributed by atoms with Gasteiger partial charge in [-0.15, -0.1) is 0 Å². The topological polar surface area (TPSA) is 106 Å². The highest BCUT2D eigenvalue weighted by atomic mass is 35.5. The molecule has 4 rings (SSSR count). The van der Waals surface area contributed by atoms with Crippen LogP contribution < -0.4 is 19.1 Å². The van der Waals surface area contributed by atoms with Crippen molar-refractivity contribution in [1.29, 1.82) is 0 Å². The van der Waals surface area contributed by atoms with Gasteiger partial charge in [-0.3, -0.25) is 14.5 Å². The number of ketones is 1. The van der Waals surface area contributed by atoms with Gasteiger partial charge in [0.05, 0.1) is 38.0 Å². The molecule has 1 atom stereocenters. The SMILES string of the molecule is CCOc1cc(C2/C(=C(\O)c3ccc(OC)cc3OC)C(=O)C(=O)N2c2ccc(C)c(Cl)c2)ccc1O. The summed E-state index contributed by atoms with van der Waals surface area (Å²) in [5.41, 5.74) is 1.65. The molecule has 3 aromatic carbocycles. The predicted octanol–water partition coefficient (Wildman–Crippen LogP) is 5.40. The third-order valence-electron chi connectivity index (χ3n) is 6.14. The average Bonchev–Trinajstić information content (AvgIpc) is 3.16. The van der Waals surface area contributed by atoms with Gasteiger partial charge < -0.3 is 24.4 Å². The normalized spacial score (nSPS) is 16.7. The number of carbonyl (C=O) groups is 2. The van der Waals surface area contributed by atoms with Crippen LogP contribution in [0.2, 0.25) is 5.02 Å². The van der Waals surface area contributed by atoms with Gasteiger partial charge in [0, 0.05) is 16.8 Å². The fraction of sp³-hybridized carbons (Fsp3) is 0.214. The Bertz CT molecular complexity index is 1420. The molecule has 1 amide bonds. The van der Waals surface area contributed by atoms with Gasteiger partial charge in [-0.1, -0.05) is 23.7 Å². The highest BCUT2D eigenvalue weighted by Gasteiger charge is 2.47. The second-order valence-electron chi connectivity index (χ2n) is 8.33. The minimum atomic E-state index is -1.05. The maximum Gasteiger partial charge on any atom is 0.300 e. The van der Waals surface area contributed by atoms with Crippen LogP contribution in [-0.4, -0.2) is 42.7 Å². The van der Waals surface area contributed by atoms with Crippen LogP contribution in [0.25, 0.3) is 5.76 Å². The fourth-order valence-electron chi connectivity index (χ4n) is 4.26. The van der Waals surface area contributed by atoms with E-state index >= 15 is 0 Å². The van der Waals surface area contributed by atoms with Crippen molar-refractivity contribution in [3.8, 4) is 23.0 Å². The van der Waals surface area contributed by atoms with E-state index in [4.69, 9.17) is 25.8 Å². The van der Waals surface area contributed by atoms with Gasteiger partial charge in [0.25, 0.3) is 11.7 Å². The number of nitrogens with zero attached hydrogens (tertiary/aromatic N) is 1. The van der Waals surface area contributed by atoms with Gasteiger partial charge in [0.1, 0.15) is 17.3 Å². The van der Waals surface area contributed by atoms with Gasteiger partial charge in [-0.05, 0) is 61.4 Å². The van der Waals surface area contributed by atoms with Crippen molar-refractivity contribution >= 4 is 34.7 Å². The molecular weight excluding hydrogens is 498 g/mol. The molecule has 9 heteroatoms. The predicted molar refractivity (Wildman–Crippen MR) is 140 cm³/mol. The van der Waals surface area contributed by atoms with Gasteiger partial charge in [0.2, 0.25) is 0 Å². The molecule has 0 saturated carbocycles. The van der Waals surface area contributed by atoms with E-state index in [1.807, 2.05) is 6.92 Å². The summed E-state index contributed by atoms with van der Waals surface area (Å²) in [4.78, 5) is 28.1. The van der Waals surface area contributed by atoms with Crippen LogP contribution in [0.3, 0.4) is 0 Å². The van der Waals surface area contributed by atoms with Crippen molar-refractivity contribution in [1.82, 2.24) is 0 Å². The number of methoxy groups -OCH3 is 2. The lowest BCUT2D eigenvalue weighted by molar-refractivity contribution is -0.132. The van der Waals surface area contributed by atoms with E-state index < -0.39 is 23.5 Å². The van der Waals surface area contributed by atoms with Crippen molar-refractivity contribution in [3.05, 3.63) is 81.9 Å². The molecule has 1 heterocycles. The molecule has 1 saturated heterocycles. The molecule has 2 N–H and O–H groups in total. The number of carbonyl (C=O) groups excluding carboxylic acids is 2. The first-order valence-corrected chi connectivity index (χ1v) is 11.8. The first kappa shape index (κ1) is 25.9. The number of amides is 1. The molecule has 8 nitrogen and oxygen atoms in total. The van der Waals surface area contributed by atoms with Crippen LogP contribution in [0.4, 0.5) is 5.69 Å². The van der Waals surface area contributed by atoms with Gasteiger partial charge in [-0.25, -0.2) is 0 Å². The molecular formula is C28H26ClNO7. The lowest BCUT2D eigenvalue weighted by Gasteiger charge is -2.26. The van der Waals surface area contributed by atoms with E-state index in [2.05, 4.69) is 0 Å². The summed E-state index contributed by atoms with van der Waals surface area (Å²) in [6.45, 7) is 3.87. The standard InChI is InChI=1S/C28H26ClNO7/c1-5-37-23-12-16(7-11-21(23)31)25-24(26(32)19-10-9-18(35-3)14-22(19)36-4)27(33)28(34)30(25)17-8-6-15(2)20(29)13-17/h6-14,25,31-32H,5H2,1-4H3/b26-24+. The third kappa shape index (κ3) is 4.68. The van der Waals surface area contributed by atoms with Crippen LogP contribution in [0.5, 0.6) is 23.0 Å². The first-order chi connectivity index (χ1) is 17.7. The van der Waals surface area contributed by atoms with Crippen LogP contribution >= 0.6 is 11.6 Å². The number of aliphatic hydroxyl groups excluding tert-OH is 1. The van der Waals surface area contributed by atoms with E-state index in [1.165, 1.54) is 31.3 Å². The number of anilines is 1. The number of phenols is 1. The van der Waals surface area contributed by atoms with Gasteiger partial charge in [0.15, 0.2) is 11.5 Å². The van der Waals surface area contributed by atoms with Gasteiger partial charge >= 0.3 is 0 Å². The maximum absolute atomic E-state index is 13.5. The molecule has 1 aliphatic rings. The number of hydrogen-bond acceptors (Lipinski definition) is 7. The monoisotopic (exact) mass is 523 g/mol. The number of aliphatic hydroxyl groups is 1. The number of aryl methyl sites for hydroxylation is 1. The zero-order chi connectivity index (χ0) is 26.9. The van der Waals surface area contributed by atoms with Crippen LogP contribution in [-0.2, 0) is 9.59 Å². The Morgan fingerprint density at radius 3 is 2.41 bits per heavy atom. The fourth-order valence-corrected chi connectivity index (χ4v) is 4.43. The van der Waals surface area contributed by atoms with Crippen LogP contribution in [0, 0.1) is 6.92 Å². The van der Waals surface area contributed by atoms with Crippen molar-refractivity contribution in [2.45, 2.75) is 19.9 Å². The summed E-state index contributed by atoms with van der Waals surface area (Å²) in [6.07, 6.45) is 0. The summed E-state index contributed by atoms with van der Waals surface area (Å²) in [5, 5.41) is 22.1. The first-order valence-electron chi connectivity index (χ1n) is 11.5. The lowest BCUT2D eigenvalue weighted by Crippen LogP contribution is -2.29. The van der Waals surface area contributed by atoms with Crippen LogP contribution in [0.15, 0.2) is 60.2 Å². The Morgan fingerprint density at radius 2 is 1.76 bits per heavy atom. The molecule has 1 aliphatic heterocycles. The summed E-state index contributed by atoms with van der Waals surface area (Å²) in [7, 11) is 2.91. The zero-order valence-corrected chi connectivity index (χ0v) is 21.5. The Labute approximate surface area is 219 Å². The summed E-state index contributed by atoms with van der Waals surface area (Å²) >= 11 is 6.35. The molecule has 0 aliphatic carbocycles. The number of phenolic OH excluding ortho intramolecular Hbond substituents is 1. The maximum atomic E-state index is 13.5. The number of halogens is 1. The number of aromatic hydroxyl groups is 1. The molecule has 0 radical (unpaired) electrons. The second-order valence-corrected chi connectivity index (χ2v) is 8.74. The van der Waals surface area contributed by atoms with Crippen molar-refractivity contribution in [3.63, 3.8) is 0 Å². The zero-order valence-electron chi connectivity index (χ0n) is 20.7. The van der Waals surface area contributed by atoms with E-state index in [9.17, 15) is 19.8 Å². The minimum absolute atomic E-state index is 0.0993. The Balaban J connectivity index is 1.99. The molecule has 1 unspecified atom stereocenters. The van der Waals surface area contributed by atoms with Crippen molar-refractivity contribution in [2.24, 2.45) is 0 Å². The average molecular weight is 524 g/mol. The van der Waals surface area contributed by atoms with E-state index in [0.717, 1.165) is 5.56 Å². The number of benzene rings is 3. The smallest absolute Gasteiger partial charge is 0.300 e. The van der Waals surface area contributed by atoms with E-state index in [0.29, 0.717) is 22.0 Å². The van der Waals surface area contributed by atoms with Crippen molar-refractivity contribution in [2.75, 3.05) is 25.7 Å². The Kier molecular flexibility index (Phi) is 7.31.